The number of rotatable bonds is 7. The SMILES string of the molecule is COC(=O)[C@H](Cc1ccc(-c2nc(C)cn(C)c2=O)c2c1CCCO2)NC(=O)c1c(F)cc(N2CCOC[C@@H]2C(F)(F)F)cc1F. The van der Waals surface area contributed by atoms with Crippen LogP contribution in [-0.4, -0.2) is 73.2 Å². The lowest BCUT2D eigenvalue weighted by Crippen LogP contribution is -2.53. The summed E-state index contributed by atoms with van der Waals surface area (Å²) in [5, 5.41) is 2.31. The Hall–Kier alpha value is -4.53. The van der Waals surface area contributed by atoms with E-state index in [1.807, 2.05) is 0 Å². The van der Waals surface area contributed by atoms with Gasteiger partial charge in [-0.1, -0.05) is 6.07 Å². The summed E-state index contributed by atoms with van der Waals surface area (Å²) in [6.07, 6.45) is -2.16. The van der Waals surface area contributed by atoms with Crippen LogP contribution in [0.25, 0.3) is 11.3 Å². The Bertz CT molecular complexity index is 1700. The van der Waals surface area contributed by atoms with E-state index in [4.69, 9.17) is 14.2 Å². The second kappa shape index (κ2) is 13.1. The van der Waals surface area contributed by atoms with Crippen molar-refractivity contribution in [1.29, 1.82) is 0 Å². The molecule has 246 valence electrons. The lowest BCUT2D eigenvalue weighted by atomic mass is 9.91. The monoisotopic (exact) mass is 650 g/mol. The maximum atomic E-state index is 15.2. The van der Waals surface area contributed by atoms with Crippen molar-refractivity contribution in [2.75, 3.05) is 38.4 Å². The molecule has 0 radical (unpaired) electrons. The molecule has 3 heterocycles. The lowest BCUT2D eigenvalue weighted by molar-refractivity contribution is -0.167. The molecule has 2 atom stereocenters. The maximum absolute atomic E-state index is 15.2. The highest BCUT2D eigenvalue weighted by Crippen LogP contribution is 2.37. The van der Waals surface area contributed by atoms with Crippen LogP contribution in [0.5, 0.6) is 5.75 Å². The number of methoxy groups -OCH3 is 1. The fraction of sp³-hybridized carbons (Fsp3) is 0.419. The highest BCUT2D eigenvalue weighted by Gasteiger charge is 2.46. The number of esters is 1. The third-order valence-corrected chi connectivity index (χ3v) is 7.93. The Morgan fingerprint density at radius 3 is 2.57 bits per heavy atom. The van der Waals surface area contributed by atoms with E-state index in [-0.39, 0.29) is 30.8 Å². The van der Waals surface area contributed by atoms with Crippen molar-refractivity contribution in [3.8, 4) is 17.0 Å². The third-order valence-electron chi connectivity index (χ3n) is 7.93. The summed E-state index contributed by atoms with van der Waals surface area (Å²) in [5.74, 6) is -4.63. The molecular weight excluding hydrogens is 619 g/mol. The first-order chi connectivity index (χ1) is 21.8. The van der Waals surface area contributed by atoms with E-state index in [0.717, 1.165) is 12.0 Å². The first-order valence-corrected chi connectivity index (χ1v) is 14.4. The number of aromatic nitrogens is 2. The van der Waals surface area contributed by atoms with Gasteiger partial charge in [0.1, 0.15) is 40.7 Å². The zero-order chi connectivity index (χ0) is 33.3. The zero-order valence-corrected chi connectivity index (χ0v) is 25.2. The van der Waals surface area contributed by atoms with Crippen LogP contribution in [0.4, 0.5) is 27.6 Å². The van der Waals surface area contributed by atoms with Gasteiger partial charge in [-0.2, -0.15) is 13.2 Å². The number of halogens is 5. The van der Waals surface area contributed by atoms with Gasteiger partial charge in [-0.05, 0) is 49.1 Å². The number of nitrogens with one attached hydrogen (secondary N) is 1. The van der Waals surface area contributed by atoms with Gasteiger partial charge >= 0.3 is 12.1 Å². The number of carbonyl (C=O) groups is 2. The molecule has 46 heavy (non-hydrogen) atoms. The smallest absolute Gasteiger partial charge is 0.411 e. The molecule has 1 saturated heterocycles. The summed E-state index contributed by atoms with van der Waals surface area (Å²) in [6, 6.07) is 1.03. The molecule has 0 unspecified atom stereocenters. The van der Waals surface area contributed by atoms with Crippen LogP contribution in [0, 0.1) is 18.6 Å². The molecule has 1 N–H and O–H groups in total. The molecule has 10 nitrogen and oxygen atoms in total. The Kier molecular flexibility index (Phi) is 9.33. The largest absolute Gasteiger partial charge is 0.493 e. The van der Waals surface area contributed by atoms with Gasteiger partial charge in [-0.15, -0.1) is 0 Å². The minimum atomic E-state index is -4.73. The topological polar surface area (TPSA) is 112 Å². The van der Waals surface area contributed by atoms with Crippen LogP contribution in [-0.2, 0) is 34.2 Å². The summed E-state index contributed by atoms with van der Waals surface area (Å²) in [6.45, 7) is 1.03. The molecule has 1 aromatic heterocycles. The van der Waals surface area contributed by atoms with Gasteiger partial charge < -0.3 is 29.0 Å². The Morgan fingerprint density at radius 2 is 1.89 bits per heavy atom. The predicted octanol–water partition coefficient (Wildman–Crippen LogP) is 3.64. The van der Waals surface area contributed by atoms with Crippen LogP contribution >= 0.6 is 0 Å². The van der Waals surface area contributed by atoms with E-state index < -0.39 is 59.6 Å². The van der Waals surface area contributed by atoms with Gasteiger partial charge in [-0.3, -0.25) is 9.59 Å². The van der Waals surface area contributed by atoms with E-state index in [2.05, 4.69) is 10.3 Å². The Morgan fingerprint density at radius 1 is 1.17 bits per heavy atom. The van der Waals surface area contributed by atoms with E-state index in [1.54, 1.807) is 32.3 Å². The average molecular weight is 651 g/mol. The molecule has 1 amide bonds. The number of fused-ring (bicyclic) bond motifs is 1. The average Bonchev–Trinajstić information content (AvgIpc) is 3.01. The van der Waals surface area contributed by atoms with Gasteiger partial charge in [0.05, 0.1) is 32.6 Å². The van der Waals surface area contributed by atoms with Crippen molar-refractivity contribution in [2.24, 2.45) is 7.05 Å². The quantitative estimate of drug-likeness (QED) is 0.305. The van der Waals surface area contributed by atoms with Crippen LogP contribution in [0.15, 0.2) is 35.3 Å². The lowest BCUT2D eigenvalue weighted by Gasteiger charge is -2.38. The number of aryl methyl sites for hydroxylation is 2. The van der Waals surface area contributed by atoms with E-state index >= 15 is 8.78 Å². The highest BCUT2D eigenvalue weighted by atomic mass is 19.4. The number of amides is 1. The molecule has 1 fully saturated rings. The fourth-order valence-corrected chi connectivity index (χ4v) is 5.76. The number of morpholine rings is 1. The van der Waals surface area contributed by atoms with Crippen molar-refractivity contribution in [2.45, 2.75) is 44.4 Å². The molecule has 15 heteroatoms. The van der Waals surface area contributed by atoms with Crippen molar-refractivity contribution in [1.82, 2.24) is 14.9 Å². The van der Waals surface area contributed by atoms with Gasteiger partial charge in [0, 0.05) is 37.5 Å². The number of carbonyl (C=O) groups excluding carboxylic acids is 2. The van der Waals surface area contributed by atoms with Crippen LogP contribution in [0.1, 0.15) is 33.6 Å². The molecule has 0 bridgehead atoms. The molecular formula is C31H31F5N4O6. The minimum absolute atomic E-state index is 0.0905. The number of ether oxygens (including phenoxy) is 3. The van der Waals surface area contributed by atoms with Crippen LogP contribution in [0.2, 0.25) is 0 Å². The Balaban J connectivity index is 1.44. The number of nitrogens with zero attached hydrogens (tertiary/aromatic N) is 3. The fourth-order valence-electron chi connectivity index (χ4n) is 5.76. The number of hydrogen-bond acceptors (Lipinski definition) is 8. The summed E-state index contributed by atoms with van der Waals surface area (Å²) in [7, 11) is 2.69. The first kappa shape index (κ1) is 32.9. The second-order valence-electron chi connectivity index (χ2n) is 11.0. The molecule has 2 aliphatic rings. The van der Waals surface area contributed by atoms with Gasteiger partial charge in [0.15, 0.2) is 0 Å². The zero-order valence-electron chi connectivity index (χ0n) is 25.2. The summed E-state index contributed by atoms with van der Waals surface area (Å²) >= 11 is 0. The van der Waals surface area contributed by atoms with Crippen molar-refractivity contribution < 1.29 is 45.8 Å². The molecule has 2 aromatic carbocycles. The summed E-state index contributed by atoms with van der Waals surface area (Å²) < 4.78 is 88.2. The molecule has 2 aliphatic heterocycles. The van der Waals surface area contributed by atoms with Gasteiger partial charge in [0.25, 0.3) is 11.5 Å². The molecule has 0 saturated carbocycles. The standard InChI is InChI=1S/C31H31F5N4O6/c1-16-14-39(2)29(42)26(37-16)20-7-6-17(19-5-4-9-46-27(19)20)11-23(30(43)44-3)38-28(41)25-21(32)12-18(13-22(25)33)40-8-10-45-15-24(40)31(34,35)36/h6-7,12-14,23-24H,4-5,8-11,15H2,1-3H3,(H,38,41)/t23-,24+/m0/s1. The minimum Gasteiger partial charge on any atom is -0.493 e. The molecule has 0 aliphatic carbocycles. The second-order valence-corrected chi connectivity index (χ2v) is 11.0. The third kappa shape index (κ3) is 6.55. The molecule has 3 aromatic rings. The number of anilines is 1. The van der Waals surface area contributed by atoms with Crippen LogP contribution in [0.3, 0.4) is 0 Å². The van der Waals surface area contributed by atoms with Crippen LogP contribution < -0.4 is 20.5 Å². The molecule has 5 rings (SSSR count). The van der Waals surface area contributed by atoms with E-state index in [0.29, 0.717) is 59.7 Å². The number of alkyl halides is 3. The van der Waals surface area contributed by atoms with Gasteiger partial charge in [-0.25, -0.2) is 18.6 Å². The Labute approximate surface area is 260 Å². The predicted molar refractivity (Wildman–Crippen MR) is 155 cm³/mol. The first-order valence-electron chi connectivity index (χ1n) is 14.4. The maximum Gasteiger partial charge on any atom is 0.411 e. The van der Waals surface area contributed by atoms with Crippen molar-refractivity contribution in [3.05, 3.63) is 74.8 Å². The van der Waals surface area contributed by atoms with E-state index in [1.165, 1.54) is 4.57 Å². The number of benzene rings is 2. The van der Waals surface area contributed by atoms with Crippen molar-refractivity contribution in [3.63, 3.8) is 0 Å². The summed E-state index contributed by atoms with van der Waals surface area (Å²) in [4.78, 5) is 44.0. The van der Waals surface area contributed by atoms with E-state index in [9.17, 15) is 27.6 Å². The summed E-state index contributed by atoms with van der Waals surface area (Å²) in [5.41, 5.74) is 0.646. The molecule has 0 spiro atoms. The highest BCUT2D eigenvalue weighted by molar-refractivity contribution is 5.97. The van der Waals surface area contributed by atoms with Crippen molar-refractivity contribution >= 4 is 17.6 Å². The normalized spacial score (nSPS) is 17.1. The number of hydrogen-bond donors (Lipinski definition) is 1. The van der Waals surface area contributed by atoms with Gasteiger partial charge in [0.2, 0.25) is 0 Å².